The maximum absolute atomic E-state index is 11.8. The summed E-state index contributed by atoms with van der Waals surface area (Å²) in [6, 6.07) is 2.93. The monoisotopic (exact) mass is 237 g/mol. The van der Waals surface area contributed by atoms with Crippen LogP contribution < -0.4 is 5.32 Å². The van der Waals surface area contributed by atoms with Gasteiger partial charge in [-0.25, -0.2) is 0 Å². The molecule has 1 aliphatic rings. The molecule has 0 aliphatic heterocycles. The molecule has 1 N–H and O–H groups in total. The summed E-state index contributed by atoms with van der Waals surface area (Å²) >= 11 is 0. The van der Waals surface area contributed by atoms with E-state index >= 15 is 0 Å². The number of nitrogens with zero attached hydrogens (tertiary/aromatic N) is 2. The van der Waals surface area contributed by atoms with Crippen LogP contribution in [0.1, 0.15) is 46.0 Å². The van der Waals surface area contributed by atoms with Crippen molar-refractivity contribution in [1.82, 2.24) is 10.2 Å². The molecule has 1 atom stereocenters. The number of hydrogen-bond donors (Lipinski definition) is 1. The second kappa shape index (κ2) is 7.29. The summed E-state index contributed by atoms with van der Waals surface area (Å²) in [5.41, 5.74) is 0. The minimum atomic E-state index is 0.0933. The smallest absolute Gasteiger partial charge is 0.234 e. The van der Waals surface area contributed by atoms with Crippen LogP contribution in [0.2, 0.25) is 0 Å². The van der Waals surface area contributed by atoms with Crippen LogP contribution in [-0.2, 0) is 4.79 Å². The Labute approximate surface area is 104 Å². The Kier molecular flexibility index (Phi) is 5.99. The molecule has 1 saturated carbocycles. The van der Waals surface area contributed by atoms with E-state index in [4.69, 9.17) is 5.26 Å². The van der Waals surface area contributed by atoms with Crippen LogP contribution in [0.5, 0.6) is 0 Å². The Morgan fingerprint density at radius 3 is 2.82 bits per heavy atom. The Hall–Kier alpha value is -1.08. The van der Waals surface area contributed by atoms with Crippen molar-refractivity contribution in [2.45, 2.75) is 58.0 Å². The van der Waals surface area contributed by atoms with Crippen LogP contribution >= 0.6 is 0 Å². The number of nitriles is 1. The zero-order chi connectivity index (χ0) is 12.7. The number of hydrogen-bond acceptors (Lipinski definition) is 3. The number of nitrogens with one attached hydrogen (secondary N) is 1. The van der Waals surface area contributed by atoms with Crippen LogP contribution in [0.4, 0.5) is 0 Å². The van der Waals surface area contributed by atoms with E-state index in [0.717, 1.165) is 19.4 Å². The van der Waals surface area contributed by atoms with Gasteiger partial charge >= 0.3 is 0 Å². The summed E-state index contributed by atoms with van der Waals surface area (Å²) in [4.78, 5) is 13.9. The number of carbonyl (C=O) groups excluding carboxylic acids is 1. The van der Waals surface area contributed by atoms with Gasteiger partial charge in [0.2, 0.25) is 5.91 Å². The third-order valence-corrected chi connectivity index (χ3v) is 3.05. The number of carbonyl (C=O) groups is 1. The van der Waals surface area contributed by atoms with Gasteiger partial charge in [-0.2, -0.15) is 5.26 Å². The fourth-order valence-electron chi connectivity index (χ4n) is 2.03. The van der Waals surface area contributed by atoms with Gasteiger partial charge in [0.05, 0.1) is 12.6 Å². The van der Waals surface area contributed by atoms with Crippen LogP contribution in [0.3, 0.4) is 0 Å². The molecule has 1 aliphatic carbocycles. The van der Waals surface area contributed by atoms with Gasteiger partial charge in [0.15, 0.2) is 0 Å². The van der Waals surface area contributed by atoms with Gasteiger partial charge in [0.25, 0.3) is 0 Å². The van der Waals surface area contributed by atoms with Crippen molar-refractivity contribution in [1.29, 1.82) is 5.26 Å². The van der Waals surface area contributed by atoms with Gasteiger partial charge in [-0.1, -0.05) is 13.3 Å². The van der Waals surface area contributed by atoms with Gasteiger partial charge in [-0.15, -0.1) is 0 Å². The third kappa shape index (κ3) is 5.69. The Bertz CT molecular complexity index is 281. The number of amides is 1. The standard InChI is InChI=1S/C13H23N3O/c1-3-5-11(2)15-13(17)10-16(9-4-8-14)12-6-7-12/h11-12H,3-7,9-10H2,1-2H3,(H,15,17). The van der Waals surface area contributed by atoms with Crippen molar-refractivity contribution >= 4 is 5.91 Å². The van der Waals surface area contributed by atoms with Crippen LogP contribution in [0, 0.1) is 11.3 Å². The average Bonchev–Trinajstić information content (AvgIpc) is 3.08. The normalized spacial score (nSPS) is 16.6. The molecule has 0 saturated heterocycles. The lowest BCUT2D eigenvalue weighted by Gasteiger charge is -2.21. The van der Waals surface area contributed by atoms with Crippen molar-refractivity contribution in [3.05, 3.63) is 0 Å². The first-order valence-electron chi connectivity index (χ1n) is 6.57. The SMILES string of the molecule is CCCC(C)NC(=O)CN(CCC#N)C1CC1. The summed E-state index contributed by atoms with van der Waals surface area (Å²) in [5, 5.41) is 11.6. The predicted molar refractivity (Wildman–Crippen MR) is 67.3 cm³/mol. The zero-order valence-corrected chi connectivity index (χ0v) is 10.9. The highest BCUT2D eigenvalue weighted by Crippen LogP contribution is 2.26. The molecular formula is C13H23N3O. The van der Waals surface area contributed by atoms with E-state index in [1.165, 1.54) is 12.8 Å². The highest BCUT2D eigenvalue weighted by Gasteiger charge is 2.29. The molecule has 0 radical (unpaired) electrons. The van der Waals surface area contributed by atoms with E-state index < -0.39 is 0 Å². The van der Waals surface area contributed by atoms with Gasteiger partial charge in [-0.3, -0.25) is 9.69 Å². The first kappa shape index (κ1) is 14.0. The van der Waals surface area contributed by atoms with E-state index in [1.807, 2.05) is 6.92 Å². The minimum Gasteiger partial charge on any atom is -0.353 e. The topological polar surface area (TPSA) is 56.1 Å². The van der Waals surface area contributed by atoms with Gasteiger partial charge in [0, 0.05) is 25.0 Å². The quantitative estimate of drug-likeness (QED) is 0.698. The molecule has 4 heteroatoms. The van der Waals surface area contributed by atoms with Crippen molar-refractivity contribution in [2.24, 2.45) is 0 Å². The van der Waals surface area contributed by atoms with Gasteiger partial charge < -0.3 is 5.32 Å². The van der Waals surface area contributed by atoms with Crippen LogP contribution in [0.25, 0.3) is 0 Å². The first-order chi connectivity index (χ1) is 8.17. The second-order valence-electron chi connectivity index (χ2n) is 4.87. The maximum Gasteiger partial charge on any atom is 0.234 e. The Morgan fingerprint density at radius 1 is 1.59 bits per heavy atom. The third-order valence-electron chi connectivity index (χ3n) is 3.05. The molecule has 0 aromatic rings. The lowest BCUT2D eigenvalue weighted by molar-refractivity contribution is -0.123. The highest BCUT2D eigenvalue weighted by atomic mass is 16.2. The first-order valence-corrected chi connectivity index (χ1v) is 6.57. The highest BCUT2D eigenvalue weighted by molar-refractivity contribution is 5.78. The molecule has 0 bridgehead atoms. The molecule has 1 amide bonds. The summed E-state index contributed by atoms with van der Waals surface area (Å²) < 4.78 is 0. The van der Waals surface area contributed by atoms with Crippen molar-refractivity contribution in [3.8, 4) is 6.07 Å². The average molecular weight is 237 g/mol. The Balaban J connectivity index is 2.28. The summed E-state index contributed by atoms with van der Waals surface area (Å²) in [6.45, 7) is 5.32. The fraction of sp³-hybridized carbons (Fsp3) is 0.846. The lowest BCUT2D eigenvalue weighted by atomic mass is 10.2. The van der Waals surface area contributed by atoms with E-state index in [0.29, 0.717) is 19.0 Å². The lowest BCUT2D eigenvalue weighted by Crippen LogP contribution is -2.42. The van der Waals surface area contributed by atoms with Crippen molar-refractivity contribution in [2.75, 3.05) is 13.1 Å². The molecule has 1 rings (SSSR count). The van der Waals surface area contributed by atoms with E-state index in [1.54, 1.807) is 0 Å². The minimum absolute atomic E-state index is 0.0933. The molecule has 0 aromatic heterocycles. The second-order valence-corrected chi connectivity index (χ2v) is 4.87. The van der Waals surface area contributed by atoms with Crippen molar-refractivity contribution < 1.29 is 4.79 Å². The molecule has 17 heavy (non-hydrogen) atoms. The summed E-state index contributed by atoms with van der Waals surface area (Å²) in [5.74, 6) is 0.0933. The molecule has 1 unspecified atom stereocenters. The fourth-order valence-corrected chi connectivity index (χ4v) is 2.03. The molecule has 96 valence electrons. The van der Waals surface area contributed by atoms with E-state index in [2.05, 4.69) is 23.2 Å². The molecule has 1 fully saturated rings. The molecule has 0 heterocycles. The van der Waals surface area contributed by atoms with E-state index in [9.17, 15) is 4.79 Å². The predicted octanol–water partition coefficient (Wildman–Crippen LogP) is 1.67. The maximum atomic E-state index is 11.8. The Morgan fingerprint density at radius 2 is 2.29 bits per heavy atom. The van der Waals surface area contributed by atoms with Crippen LogP contribution in [-0.4, -0.2) is 36.0 Å². The van der Waals surface area contributed by atoms with Gasteiger partial charge in [0.1, 0.15) is 0 Å². The van der Waals surface area contributed by atoms with Crippen LogP contribution in [0.15, 0.2) is 0 Å². The molecule has 0 spiro atoms. The van der Waals surface area contributed by atoms with Crippen molar-refractivity contribution in [3.63, 3.8) is 0 Å². The summed E-state index contributed by atoms with van der Waals surface area (Å²) in [7, 11) is 0. The van der Waals surface area contributed by atoms with Gasteiger partial charge in [-0.05, 0) is 26.2 Å². The zero-order valence-electron chi connectivity index (χ0n) is 10.9. The summed E-state index contributed by atoms with van der Waals surface area (Å²) in [6.07, 6.45) is 4.95. The largest absolute Gasteiger partial charge is 0.353 e. The number of rotatable bonds is 8. The van der Waals surface area contributed by atoms with E-state index in [-0.39, 0.29) is 11.9 Å². The molecular weight excluding hydrogens is 214 g/mol. The molecule has 0 aromatic carbocycles. The molecule has 4 nitrogen and oxygen atoms in total.